The van der Waals surface area contributed by atoms with Crippen LogP contribution >= 0.6 is 11.8 Å². The minimum absolute atomic E-state index is 0.0845. The largest absolute Gasteiger partial charge is 0.469 e. The second-order valence-electron chi connectivity index (χ2n) is 4.84. The zero-order valence-electron chi connectivity index (χ0n) is 12.4. The van der Waals surface area contributed by atoms with Gasteiger partial charge in [0.1, 0.15) is 0 Å². The highest BCUT2D eigenvalue weighted by atomic mass is 32.2. The van der Waals surface area contributed by atoms with Crippen molar-refractivity contribution in [2.75, 3.05) is 25.2 Å². The van der Waals surface area contributed by atoms with Crippen LogP contribution in [0.4, 0.5) is 0 Å². The van der Waals surface area contributed by atoms with E-state index in [1.807, 2.05) is 11.8 Å². The van der Waals surface area contributed by atoms with Crippen LogP contribution < -0.4 is 0 Å². The van der Waals surface area contributed by atoms with Gasteiger partial charge >= 0.3 is 5.97 Å². The molecular weight excluding hydrogens is 260 g/mol. The molecule has 0 aromatic rings. The van der Waals surface area contributed by atoms with Crippen molar-refractivity contribution < 1.29 is 14.6 Å². The molecule has 0 saturated carbocycles. The first-order valence-corrected chi connectivity index (χ1v) is 8.72. The molecule has 0 bridgehead atoms. The molecule has 0 aromatic heterocycles. The van der Waals surface area contributed by atoms with E-state index >= 15 is 0 Å². The van der Waals surface area contributed by atoms with Crippen LogP contribution in [-0.4, -0.2) is 36.3 Å². The topological polar surface area (TPSA) is 46.5 Å². The molecule has 3 nitrogen and oxygen atoms in total. The van der Waals surface area contributed by atoms with Crippen molar-refractivity contribution in [3.63, 3.8) is 0 Å². The molecule has 0 aliphatic heterocycles. The van der Waals surface area contributed by atoms with Gasteiger partial charge in [0.2, 0.25) is 0 Å². The number of aliphatic hydroxyl groups is 1. The molecular formula is C15H30O3S. The maximum Gasteiger partial charge on any atom is 0.305 e. The molecule has 0 radical (unpaired) electrons. The van der Waals surface area contributed by atoms with E-state index in [1.165, 1.54) is 51.4 Å². The number of esters is 1. The predicted octanol–water partition coefficient (Wildman–Crippen LogP) is 3.79. The summed E-state index contributed by atoms with van der Waals surface area (Å²) >= 11 is 1.95. The van der Waals surface area contributed by atoms with Gasteiger partial charge in [-0.3, -0.25) is 4.79 Å². The van der Waals surface area contributed by atoms with Crippen molar-refractivity contribution >= 4 is 17.7 Å². The second-order valence-corrected chi connectivity index (χ2v) is 6.07. The van der Waals surface area contributed by atoms with E-state index in [2.05, 4.69) is 4.74 Å². The van der Waals surface area contributed by atoms with Gasteiger partial charge in [-0.25, -0.2) is 0 Å². The predicted molar refractivity (Wildman–Crippen MR) is 82.6 cm³/mol. The van der Waals surface area contributed by atoms with Crippen molar-refractivity contribution in [2.45, 2.75) is 64.2 Å². The zero-order chi connectivity index (χ0) is 14.2. The fraction of sp³-hybridized carbons (Fsp3) is 0.933. The number of methoxy groups -OCH3 is 1. The van der Waals surface area contributed by atoms with E-state index in [9.17, 15) is 4.79 Å². The molecule has 4 heteroatoms. The Morgan fingerprint density at radius 1 is 0.895 bits per heavy atom. The van der Waals surface area contributed by atoms with E-state index in [-0.39, 0.29) is 5.97 Å². The number of carbonyl (C=O) groups excluding carboxylic acids is 1. The van der Waals surface area contributed by atoms with Gasteiger partial charge in [-0.05, 0) is 30.8 Å². The Bertz CT molecular complexity index is 198. The van der Waals surface area contributed by atoms with Gasteiger partial charge < -0.3 is 9.84 Å². The van der Waals surface area contributed by atoms with E-state index in [4.69, 9.17) is 5.11 Å². The zero-order valence-corrected chi connectivity index (χ0v) is 13.2. The summed E-state index contributed by atoms with van der Waals surface area (Å²) in [4.78, 5) is 10.9. The number of aliphatic hydroxyl groups excluding tert-OH is 1. The minimum Gasteiger partial charge on any atom is -0.469 e. The molecule has 114 valence electrons. The van der Waals surface area contributed by atoms with Crippen LogP contribution in [0.25, 0.3) is 0 Å². The highest BCUT2D eigenvalue weighted by molar-refractivity contribution is 7.99. The average molecular weight is 290 g/mol. The summed E-state index contributed by atoms with van der Waals surface area (Å²) in [5.41, 5.74) is 0. The standard InChI is InChI=1S/C15H30O3S/c1-18-15(17)11-8-6-4-2-3-5-7-9-13-19-14-10-12-16/h16H,2-14H2,1H3. The lowest BCUT2D eigenvalue weighted by molar-refractivity contribution is -0.140. The highest BCUT2D eigenvalue weighted by Crippen LogP contribution is 2.12. The molecule has 0 rings (SSSR count). The van der Waals surface area contributed by atoms with Crippen LogP contribution in [0.15, 0.2) is 0 Å². The van der Waals surface area contributed by atoms with Crippen LogP contribution in [0.2, 0.25) is 0 Å². The third-order valence-corrected chi connectivity index (χ3v) is 4.25. The molecule has 19 heavy (non-hydrogen) atoms. The van der Waals surface area contributed by atoms with Crippen LogP contribution in [0.5, 0.6) is 0 Å². The Morgan fingerprint density at radius 2 is 1.42 bits per heavy atom. The van der Waals surface area contributed by atoms with Gasteiger partial charge in [-0.15, -0.1) is 0 Å². The first-order chi connectivity index (χ1) is 9.31. The number of carbonyl (C=O) groups is 1. The quantitative estimate of drug-likeness (QED) is 0.390. The fourth-order valence-electron chi connectivity index (χ4n) is 1.90. The van der Waals surface area contributed by atoms with E-state index in [0.29, 0.717) is 13.0 Å². The monoisotopic (exact) mass is 290 g/mol. The lowest BCUT2D eigenvalue weighted by Gasteiger charge is -2.02. The van der Waals surface area contributed by atoms with Gasteiger partial charge in [0.15, 0.2) is 0 Å². The highest BCUT2D eigenvalue weighted by Gasteiger charge is 1.99. The first kappa shape index (κ1) is 18.8. The Hall–Kier alpha value is -0.220. The number of rotatable bonds is 14. The third kappa shape index (κ3) is 15.7. The van der Waals surface area contributed by atoms with Crippen LogP contribution in [0.3, 0.4) is 0 Å². The van der Waals surface area contributed by atoms with Gasteiger partial charge in [0.05, 0.1) is 7.11 Å². The van der Waals surface area contributed by atoms with E-state index in [0.717, 1.165) is 25.0 Å². The normalized spacial score (nSPS) is 10.6. The smallest absolute Gasteiger partial charge is 0.305 e. The molecule has 0 saturated heterocycles. The second kappa shape index (κ2) is 15.8. The number of ether oxygens (including phenoxy) is 1. The maximum atomic E-state index is 10.9. The SMILES string of the molecule is COC(=O)CCCCCCCCCCSCCCO. The maximum absolute atomic E-state index is 10.9. The average Bonchev–Trinajstić information content (AvgIpc) is 2.43. The lowest BCUT2D eigenvalue weighted by atomic mass is 10.1. The molecule has 0 aromatic carbocycles. The van der Waals surface area contributed by atoms with Crippen molar-refractivity contribution in [2.24, 2.45) is 0 Å². The van der Waals surface area contributed by atoms with E-state index < -0.39 is 0 Å². The van der Waals surface area contributed by atoms with Gasteiger partial charge in [-0.2, -0.15) is 11.8 Å². The molecule has 0 aliphatic rings. The van der Waals surface area contributed by atoms with Crippen molar-refractivity contribution in [1.29, 1.82) is 0 Å². The molecule has 0 unspecified atom stereocenters. The summed E-state index contributed by atoms with van der Waals surface area (Å²) in [6, 6.07) is 0. The third-order valence-electron chi connectivity index (χ3n) is 3.09. The Kier molecular flexibility index (Phi) is 15.7. The molecule has 0 aliphatic carbocycles. The lowest BCUT2D eigenvalue weighted by Crippen LogP contribution is -1.99. The van der Waals surface area contributed by atoms with Gasteiger partial charge in [0.25, 0.3) is 0 Å². The van der Waals surface area contributed by atoms with Crippen LogP contribution in [-0.2, 0) is 9.53 Å². The minimum atomic E-state index is -0.0845. The number of hydrogen-bond acceptors (Lipinski definition) is 4. The molecule has 0 amide bonds. The molecule has 0 atom stereocenters. The van der Waals surface area contributed by atoms with Gasteiger partial charge in [0, 0.05) is 13.0 Å². The van der Waals surface area contributed by atoms with Crippen LogP contribution in [0.1, 0.15) is 64.2 Å². The van der Waals surface area contributed by atoms with Crippen molar-refractivity contribution in [1.82, 2.24) is 0 Å². The Labute approximate surface area is 122 Å². The fourth-order valence-corrected chi connectivity index (χ4v) is 2.85. The van der Waals surface area contributed by atoms with Gasteiger partial charge in [-0.1, -0.05) is 38.5 Å². The number of hydrogen-bond donors (Lipinski definition) is 1. The summed E-state index contributed by atoms with van der Waals surface area (Å²) in [5, 5.41) is 8.63. The summed E-state index contributed by atoms with van der Waals surface area (Å²) in [5.74, 6) is 2.24. The summed E-state index contributed by atoms with van der Waals surface area (Å²) in [7, 11) is 1.45. The van der Waals surface area contributed by atoms with Crippen LogP contribution in [0, 0.1) is 0 Å². The number of thioether (sulfide) groups is 1. The van der Waals surface area contributed by atoms with E-state index in [1.54, 1.807) is 0 Å². The Balaban J connectivity index is 2.97. The van der Waals surface area contributed by atoms with Crippen molar-refractivity contribution in [3.05, 3.63) is 0 Å². The summed E-state index contributed by atoms with van der Waals surface area (Å²) < 4.78 is 4.60. The van der Waals surface area contributed by atoms with Crippen molar-refractivity contribution in [3.8, 4) is 0 Å². The summed E-state index contributed by atoms with van der Waals surface area (Å²) in [6.07, 6.45) is 11.4. The molecule has 0 heterocycles. The Morgan fingerprint density at radius 3 is 2.00 bits per heavy atom. The summed E-state index contributed by atoms with van der Waals surface area (Å²) in [6.45, 7) is 0.322. The first-order valence-electron chi connectivity index (χ1n) is 7.56. The molecule has 0 fully saturated rings. The molecule has 1 N–H and O–H groups in total. The number of unbranched alkanes of at least 4 members (excludes halogenated alkanes) is 7. The molecule has 0 spiro atoms.